The number of hydrogen-bond acceptors (Lipinski definition) is 5. The van der Waals surface area contributed by atoms with Gasteiger partial charge in [-0.25, -0.2) is 17.8 Å². The van der Waals surface area contributed by atoms with Gasteiger partial charge in [-0.15, -0.1) is 5.10 Å². The molecule has 1 amide bonds. The summed E-state index contributed by atoms with van der Waals surface area (Å²) in [5.41, 5.74) is -3.15. The second-order valence-electron chi connectivity index (χ2n) is 6.68. The van der Waals surface area contributed by atoms with E-state index in [-0.39, 0.29) is 17.4 Å². The Bertz CT molecular complexity index is 1390. The van der Waals surface area contributed by atoms with Crippen LogP contribution in [0.1, 0.15) is 27.3 Å². The van der Waals surface area contributed by atoms with Gasteiger partial charge in [-0.1, -0.05) is 28.4 Å². The molecule has 3 aromatic rings. The van der Waals surface area contributed by atoms with Gasteiger partial charge in [0.25, 0.3) is 15.9 Å². The second-order valence-corrected chi connectivity index (χ2v) is 9.14. The number of carbonyl (C=O) groups is 1. The summed E-state index contributed by atoms with van der Waals surface area (Å²) in [6, 6.07) is 3.82. The van der Waals surface area contributed by atoms with E-state index in [4.69, 9.17) is 23.2 Å². The van der Waals surface area contributed by atoms with E-state index in [1.54, 1.807) is 4.72 Å². The average Bonchev–Trinajstić information content (AvgIpc) is 3.07. The van der Waals surface area contributed by atoms with Crippen LogP contribution in [0.15, 0.2) is 41.3 Å². The Balaban J connectivity index is 1.94. The number of alkyl halides is 6. The normalized spacial score (nSPS) is 12.6. The van der Waals surface area contributed by atoms with Crippen LogP contribution >= 0.6 is 23.2 Å². The molecule has 0 radical (unpaired) electrons. The highest BCUT2D eigenvalue weighted by atomic mass is 35.5. The maximum Gasteiger partial charge on any atom is 0.416 e. The van der Waals surface area contributed by atoms with Crippen molar-refractivity contribution in [1.29, 1.82) is 0 Å². The molecule has 182 valence electrons. The van der Waals surface area contributed by atoms with E-state index >= 15 is 0 Å². The Hall–Kier alpha value is -2.84. The molecule has 2 aromatic carbocycles. The minimum absolute atomic E-state index is 0.0949. The number of benzene rings is 2. The molecule has 34 heavy (non-hydrogen) atoms. The standard InChI is InChI=1S/C18H10Cl2F6N4O3S/c1-8-15(27-29-30(8)13-5-3-9(6-12(13)20)17(21,22)23)16(31)28-34(32,33)14-7-10(18(24,25)26)2-4-11(14)19/h2-7H,1H3,(H,28,31). The molecule has 0 aliphatic heterocycles. The number of carbonyl (C=O) groups excluding carboxylic acids is 1. The van der Waals surface area contributed by atoms with Crippen LogP contribution in [0.4, 0.5) is 26.3 Å². The quantitative estimate of drug-likeness (QED) is 0.463. The van der Waals surface area contributed by atoms with Gasteiger partial charge in [0.2, 0.25) is 0 Å². The van der Waals surface area contributed by atoms with Crippen molar-refractivity contribution in [2.75, 3.05) is 0 Å². The van der Waals surface area contributed by atoms with Crippen molar-refractivity contribution in [3.63, 3.8) is 0 Å². The van der Waals surface area contributed by atoms with Crippen molar-refractivity contribution in [3.8, 4) is 5.69 Å². The summed E-state index contributed by atoms with van der Waals surface area (Å²) in [7, 11) is -4.88. The lowest BCUT2D eigenvalue weighted by Crippen LogP contribution is -2.31. The van der Waals surface area contributed by atoms with Gasteiger partial charge >= 0.3 is 12.4 Å². The minimum Gasteiger partial charge on any atom is -0.266 e. The molecule has 0 aliphatic rings. The molecule has 0 aliphatic carbocycles. The van der Waals surface area contributed by atoms with Crippen LogP contribution in [-0.4, -0.2) is 29.3 Å². The maximum absolute atomic E-state index is 12.9. The van der Waals surface area contributed by atoms with Gasteiger partial charge in [-0.05, 0) is 43.3 Å². The summed E-state index contributed by atoms with van der Waals surface area (Å²) in [4.78, 5) is 11.5. The topological polar surface area (TPSA) is 93.9 Å². The van der Waals surface area contributed by atoms with Crippen molar-refractivity contribution in [2.45, 2.75) is 24.2 Å². The lowest BCUT2D eigenvalue weighted by atomic mass is 10.2. The number of halogens is 8. The first kappa shape index (κ1) is 25.8. The van der Waals surface area contributed by atoms with Crippen molar-refractivity contribution in [1.82, 2.24) is 19.7 Å². The summed E-state index contributed by atoms with van der Waals surface area (Å²) in [6.07, 6.45) is -9.54. The fourth-order valence-electron chi connectivity index (χ4n) is 2.73. The van der Waals surface area contributed by atoms with Crippen LogP contribution in [0.5, 0.6) is 0 Å². The van der Waals surface area contributed by atoms with E-state index in [9.17, 15) is 39.6 Å². The van der Waals surface area contributed by atoms with Gasteiger partial charge in [0.1, 0.15) is 4.90 Å². The second kappa shape index (κ2) is 8.74. The van der Waals surface area contributed by atoms with Crippen molar-refractivity contribution in [3.05, 3.63) is 69.0 Å². The Labute approximate surface area is 197 Å². The number of amides is 1. The Morgan fingerprint density at radius 3 is 2.06 bits per heavy atom. The molecule has 1 heterocycles. The number of aromatic nitrogens is 3. The third-order valence-electron chi connectivity index (χ3n) is 4.39. The third-order valence-corrected chi connectivity index (χ3v) is 6.50. The smallest absolute Gasteiger partial charge is 0.266 e. The lowest BCUT2D eigenvalue weighted by molar-refractivity contribution is -0.138. The zero-order valence-corrected chi connectivity index (χ0v) is 18.8. The SMILES string of the molecule is Cc1c(C(=O)NS(=O)(=O)c2cc(C(F)(F)F)ccc2Cl)nnn1-c1ccc(C(F)(F)F)cc1Cl. The average molecular weight is 547 g/mol. The maximum atomic E-state index is 12.9. The molecule has 0 bridgehead atoms. The molecule has 1 aromatic heterocycles. The van der Waals surface area contributed by atoms with E-state index in [0.29, 0.717) is 24.3 Å². The third kappa shape index (κ3) is 5.13. The monoisotopic (exact) mass is 546 g/mol. The summed E-state index contributed by atoms with van der Waals surface area (Å²) < 4.78 is 105. The minimum atomic E-state index is -4.88. The van der Waals surface area contributed by atoms with Crippen LogP contribution in [0, 0.1) is 6.92 Å². The fraction of sp³-hybridized carbons (Fsp3) is 0.167. The number of rotatable bonds is 4. The van der Waals surface area contributed by atoms with Gasteiger partial charge < -0.3 is 0 Å². The predicted octanol–water partition coefficient (Wildman–Crippen LogP) is 5.04. The Morgan fingerprint density at radius 2 is 1.50 bits per heavy atom. The Morgan fingerprint density at radius 1 is 0.941 bits per heavy atom. The molecule has 7 nitrogen and oxygen atoms in total. The first-order valence-electron chi connectivity index (χ1n) is 8.75. The Kier molecular flexibility index (Phi) is 6.63. The van der Waals surface area contributed by atoms with E-state index in [0.717, 1.165) is 10.7 Å². The predicted molar refractivity (Wildman–Crippen MR) is 107 cm³/mol. The number of nitrogens with zero attached hydrogens (tertiary/aromatic N) is 3. The molecule has 0 spiro atoms. The molecule has 16 heteroatoms. The highest BCUT2D eigenvalue weighted by Crippen LogP contribution is 2.34. The number of nitrogens with one attached hydrogen (secondary N) is 1. The van der Waals surface area contributed by atoms with Crippen molar-refractivity contribution in [2.24, 2.45) is 0 Å². The molecule has 0 fully saturated rings. The summed E-state index contributed by atoms with van der Waals surface area (Å²) in [5.74, 6) is -1.37. The van der Waals surface area contributed by atoms with Crippen LogP contribution in [0.25, 0.3) is 5.69 Å². The first-order chi connectivity index (χ1) is 15.5. The summed E-state index contributed by atoms with van der Waals surface area (Å²) in [5, 5.41) is 6.13. The molecular formula is C18H10Cl2F6N4O3S. The van der Waals surface area contributed by atoms with Crippen molar-refractivity contribution >= 4 is 39.1 Å². The number of sulfonamides is 1. The highest BCUT2D eigenvalue weighted by molar-refractivity contribution is 7.90. The van der Waals surface area contributed by atoms with Gasteiger partial charge in [-0.3, -0.25) is 4.79 Å². The summed E-state index contributed by atoms with van der Waals surface area (Å²) in [6.45, 7) is 1.24. The molecule has 0 unspecified atom stereocenters. The van der Waals surface area contributed by atoms with E-state index in [2.05, 4.69) is 10.3 Å². The van der Waals surface area contributed by atoms with Gasteiger partial charge in [0, 0.05) is 0 Å². The zero-order valence-electron chi connectivity index (χ0n) is 16.5. The number of hydrogen-bond donors (Lipinski definition) is 1. The van der Waals surface area contributed by atoms with Crippen LogP contribution < -0.4 is 4.72 Å². The van der Waals surface area contributed by atoms with E-state index in [1.807, 2.05) is 0 Å². The van der Waals surface area contributed by atoms with Crippen molar-refractivity contribution < 1.29 is 39.6 Å². The molecule has 0 atom stereocenters. The van der Waals surface area contributed by atoms with E-state index in [1.165, 1.54) is 6.92 Å². The fourth-order valence-corrected chi connectivity index (χ4v) is 4.47. The lowest BCUT2D eigenvalue weighted by Gasteiger charge is -2.12. The molecule has 3 rings (SSSR count). The molecule has 0 saturated heterocycles. The van der Waals surface area contributed by atoms with Gasteiger partial charge in [0.15, 0.2) is 5.69 Å². The molecule has 1 N–H and O–H groups in total. The van der Waals surface area contributed by atoms with Crippen LogP contribution in [-0.2, 0) is 22.4 Å². The largest absolute Gasteiger partial charge is 0.416 e. The van der Waals surface area contributed by atoms with Crippen LogP contribution in [0.2, 0.25) is 10.0 Å². The van der Waals surface area contributed by atoms with Gasteiger partial charge in [0.05, 0.1) is 32.6 Å². The van der Waals surface area contributed by atoms with Gasteiger partial charge in [-0.2, -0.15) is 26.3 Å². The highest BCUT2D eigenvalue weighted by Gasteiger charge is 2.34. The zero-order chi connectivity index (χ0) is 25.6. The van der Waals surface area contributed by atoms with Crippen LogP contribution in [0.3, 0.4) is 0 Å². The summed E-state index contributed by atoms with van der Waals surface area (Å²) >= 11 is 11.6. The first-order valence-corrected chi connectivity index (χ1v) is 11.0. The molecular weight excluding hydrogens is 537 g/mol. The van der Waals surface area contributed by atoms with E-state index < -0.39 is 60.0 Å². The molecule has 0 saturated carbocycles.